The summed E-state index contributed by atoms with van der Waals surface area (Å²) in [4.78, 5) is 0. The van der Waals surface area contributed by atoms with Crippen LogP contribution in [0.1, 0.15) is 13.3 Å². The van der Waals surface area contributed by atoms with E-state index in [0.29, 0.717) is 5.92 Å². The van der Waals surface area contributed by atoms with Crippen LogP contribution in [0.2, 0.25) is 0 Å². The van der Waals surface area contributed by atoms with Crippen LogP contribution in [0.5, 0.6) is 0 Å². The predicted octanol–water partition coefficient (Wildman–Crippen LogP) is 0.361. The fraction of sp³-hybridized carbons (Fsp3) is 1.00. The van der Waals surface area contributed by atoms with Gasteiger partial charge in [-0.25, -0.2) is 0 Å². The zero-order chi connectivity index (χ0) is 5.28. The predicted molar refractivity (Wildman–Crippen MR) is 25.7 cm³/mol. The summed E-state index contributed by atoms with van der Waals surface area (Å²) in [7, 11) is 0. The molecule has 0 aromatic rings. The van der Waals surface area contributed by atoms with E-state index in [1.54, 1.807) is 0 Å². The lowest BCUT2D eigenvalue weighted by Gasteiger charge is -1.94. The van der Waals surface area contributed by atoms with Crippen LogP contribution in [0.25, 0.3) is 0 Å². The Hall–Kier alpha value is -0.0800. The van der Waals surface area contributed by atoms with Gasteiger partial charge in [-0.05, 0) is 5.92 Å². The lowest BCUT2D eigenvalue weighted by atomic mass is 10.1. The Morgan fingerprint density at radius 2 is 2.43 bits per heavy atom. The minimum Gasteiger partial charge on any atom is -0.368 e. The summed E-state index contributed by atoms with van der Waals surface area (Å²) in [6, 6.07) is 0. The van der Waals surface area contributed by atoms with E-state index in [9.17, 15) is 0 Å². The highest BCUT2D eigenvalue weighted by Crippen LogP contribution is 2.15. The molecular formula is C5H10O2. The van der Waals surface area contributed by atoms with Gasteiger partial charge in [-0.2, -0.15) is 0 Å². The topological polar surface area (TPSA) is 29.5 Å². The monoisotopic (exact) mass is 102 g/mol. The summed E-state index contributed by atoms with van der Waals surface area (Å²) >= 11 is 0. The molecule has 7 heavy (non-hydrogen) atoms. The van der Waals surface area contributed by atoms with Crippen LogP contribution in [-0.2, 0) is 4.74 Å². The smallest absolute Gasteiger partial charge is 0.154 e. The van der Waals surface area contributed by atoms with E-state index in [1.165, 1.54) is 0 Å². The maximum absolute atomic E-state index is 8.68. The number of ether oxygens (including phenoxy) is 1. The van der Waals surface area contributed by atoms with Gasteiger partial charge in [0.05, 0.1) is 6.61 Å². The van der Waals surface area contributed by atoms with E-state index in [0.717, 1.165) is 13.0 Å². The first kappa shape index (κ1) is 5.06. The van der Waals surface area contributed by atoms with Gasteiger partial charge in [-0.3, -0.25) is 0 Å². The summed E-state index contributed by atoms with van der Waals surface area (Å²) in [5.41, 5.74) is 0. The van der Waals surface area contributed by atoms with Gasteiger partial charge in [0, 0.05) is 6.42 Å². The lowest BCUT2D eigenvalue weighted by molar-refractivity contribution is -0.0591. The van der Waals surface area contributed by atoms with Crippen molar-refractivity contribution in [1.82, 2.24) is 0 Å². The standard InChI is InChI=1S/C5H10O2/c1-4-2-5(6)7-3-4/h4-6H,2-3H2,1H3/t4-,5-/m0/s1. The first-order chi connectivity index (χ1) is 3.29. The third-order valence-corrected chi connectivity index (χ3v) is 1.18. The highest BCUT2D eigenvalue weighted by molar-refractivity contribution is 4.60. The molecule has 1 aliphatic heterocycles. The first-order valence-corrected chi connectivity index (χ1v) is 2.58. The van der Waals surface area contributed by atoms with E-state index in [2.05, 4.69) is 6.92 Å². The number of rotatable bonds is 0. The van der Waals surface area contributed by atoms with Crippen molar-refractivity contribution in [2.75, 3.05) is 6.61 Å². The van der Waals surface area contributed by atoms with Gasteiger partial charge >= 0.3 is 0 Å². The Labute approximate surface area is 43.1 Å². The van der Waals surface area contributed by atoms with Crippen LogP contribution in [0.15, 0.2) is 0 Å². The Balaban J connectivity index is 2.26. The zero-order valence-electron chi connectivity index (χ0n) is 4.42. The summed E-state index contributed by atoms with van der Waals surface area (Å²) in [6.45, 7) is 2.79. The zero-order valence-corrected chi connectivity index (χ0v) is 4.42. The second-order valence-electron chi connectivity index (χ2n) is 2.13. The van der Waals surface area contributed by atoms with Gasteiger partial charge < -0.3 is 9.84 Å². The van der Waals surface area contributed by atoms with Crippen molar-refractivity contribution in [2.24, 2.45) is 5.92 Å². The molecule has 0 unspecified atom stereocenters. The van der Waals surface area contributed by atoms with E-state index in [-0.39, 0.29) is 0 Å². The molecule has 42 valence electrons. The van der Waals surface area contributed by atoms with Crippen molar-refractivity contribution in [3.05, 3.63) is 0 Å². The molecule has 1 fully saturated rings. The summed E-state index contributed by atoms with van der Waals surface area (Å²) < 4.78 is 4.82. The number of hydrogen-bond donors (Lipinski definition) is 1. The number of aliphatic hydroxyl groups is 1. The van der Waals surface area contributed by atoms with Crippen molar-refractivity contribution in [3.63, 3.8) is 0 Å². The Kier molecular flexibility index (Phi) is 1.30. The minimum absolute atomic E-state index is 0.477. The fourth-order valence-corrected chi connectivity index (χ4v) is 0.756. The third kappa shape index (κ3) is 1.14. The lowest BCUT2D eigenvalue weighted by Crippen LogP contribution is -2.00. The molecule has 2 heteroatoms. The molecule has 0 radical (unpaired) electrons. The molecule has 0 bridgehead atoms. The molecule has 1 N–H and O–H groups in total. The summed E-state index contributed by atoms with van der Waals surface area (Å²) in [6.07, 6.45) is 0.329. The van der Waals surface area contributed by atoms with Gasteiger partial charge in [0.15, 0.2) is 6.29 Å². The molecule has 1 aliphatic rings. The average Bonchev–Trinajstić information content (AvgIpc) is 1.87. The molecular weight excluding hydrogens is 92.1 g/mol. The van der Waals surface area contributed by atoms with Crippen LogP contribution >= 0.6 is 0 Å². The number of hydrogen-bond acceptors (Lipinski definition) is 2. The van der Waals surface area contributed by atoms with E-state index >= 15 is 0 Å². The third-order valence-electron chi connectivity index (χ3n) is 1.18. The van der Waals surface area contributed by atoms with E-state index in [4.69, 9.17) is 9.84 Å². The maximum atomic E-state index is 8.68. The molecule has 1 rings (SSSR count). The van der Waals surface area contributed by atoms with Crippen molar-refractivity contribution in [1.29, 1.82) is 0 Å². The van der Waals surface area contributed by atoms with Crippen LogP contribution < -0.4 is 0 Å². The van der Waals surface area contributed by atoms with Gasteiger partial charge in [0.1, 0.15) is 0 Å². The fourth-order valence-electron chi connectivity index (χ4n) is 0.756. The molecule has 1 saturated heterocycles. The van der Waals surface area contributed by atoms with Crippen LogP contribution in [0, 0.1) is 5.92 Å². The summed E-state index contributed by atoms with van der Waals surface area (Å²) in [5.74, 6) is 0.551. The first-order valence-electron chi connectivity index (χ1n) is 2.58. The number of aliphatic hydroxyl groups excluding tert-OH is 1. The van der Waals surface area contributed by atoms with Crippen LogP contribution in [0.3, 0.4) is 0 Å². The van der Waals surface area contributed by atoms with Gasteiger partial charge in [0.2, 0.25) is 0 Å². The second kappa shape index (κ2) is 1.80. The van der Waals surface area contributed by atoms with Crippen molar-refractivity contribution >= 4 is 0 Å². The van der Waals surface area contributed by atoms with Crippen molar-refractivity contribution < 1.29 is 9.84 Å². The molecule has 2 atom stereocenters. The second-order valence-corrected chi connectivity index (χ2v) is 2.13. The molecule has 0 aromatic heterocycles. The SMILES string of the molecule is C[C@@H]1CO[C@H](O)C1. The highest BCUT2D eigenvalue weighted by Gasteiger charge is 2.18. The van der Waals surface area contributed by atoms with Gasteiger partial charge in [-0.1, -0.05) is 6.92 Å². The van der Waals surface area contributed by atoms with Gasteiger partial charge in [-0.15, -0.1) is 0 Å². The maximum Gasteiger partial charge on any atom is 0.154 e. The van der Waals surface area contributed by atoms with Crippen LogP contribution in [0.4, 0.5) is 0 Å². The molecule has 0 aromatic carbocycles. The molecule has 1 heterocycles. The molecule has 2 nitrogen and oxygen atoms in total. The van der Waals surface area contributed by atoms with Crippen molar-refractivity contribution in [3.8, 4) is 0 Å². The summed E-state index contributed by atoms with van der Waals surface area (Å²) in [5, 5.41) is 8.68. The average molecular weight is 102 g/mol. The van der Waals surface area contributed by atoms with Crippen LogP contribution in [-0.4, -0.2) is 18.0 Å². The molecule has 0 amide bonds. The Morgan fingerprint density at radius 3 is 2.57 bits per heavy atom. The van der Waals surface area contributed by atoms with Crippen molar-refractivity contribution in [2.45, 2.75) is 19.6 Å². The largest absolute Gasteiger partial charge is 0.368 e. The van der Waals surface area contributed by atoms with Gasteiger partial charge in [0.25, 0.3) is 0 Å². The molecule has 0 aliphatic carbocycles. The Morgan fingerprint density at radius 1 is 1.71 bits per heavy atom. The quantitative estimate of drug-likeness (QED) is 0.478. The molecule has 0 spiro atoms. The Bertz CT molecular complexity index is 55.1. The normalized spacial score (nSPS) is 42.0. The van der Waals surface area contributed by atoms with E-state index < -0.39 is 6.29 Å². The highest BCUT2D eigenvalue weighted by atomic mass is 16.6. The minimum atomic E-state index is -0.477. The van der Waals surface area contributed by atoms with E-state index in [1.807, 2.05) is 0 Å². The molecule has 0 saturated carbocycles.